The van der Waals surface area contributed by atoms with Crippen LogP contribution in [0.3, 0.4) is 0 Å². The van der Waals surface area contributed by atoms with E-state index in [1.165, 1.54) is 11.8 Å². The molecule has 0 aliphatic carbocycles. The molecule has 21 heavy (non-hydrogen) atoms. The number of carboxylic acids is 1. The molecule has 0 spiro atoms. The number of rotatable bonds is 4. The summed E-state index contributed by atoms with van der Waals surface area (Å²) in [5, 5.41) is 9.04. The minimum atomic E-state index is -0.973. The number of amides is 1. The lowest BCUT2D eigenvalue weighted by molar-refractivity contribution is -0.138. The highest BCUT2D eigenvalue weighted by Crippen LogP contribution is 2.41. The second kappa shape index (κ2) is 6.46. The molecular weight excluding hydrogens is 333 g/mol. The van der Waals surface area contributed by atoms with Crippen LogP contribution in [-0.4, -0.2) is 27.6 Å². The van der Waals surface area contributed by atoms with Gasteiger partial charge in [-0.15, -0.1) is 11.8 Å². The predicted molar refractivity (Wildman–Crippen MR) is 86.2 cm³/mol. The van der Waals surface area contributed by atoms with Gasteiger partial charge < -0.3 is 5.11 Å². The number of thioether (sulfide) groups is 1. The van der Waals surface area contributed by atoms with Gasteiger partial charge in [0.2, 0.25) is 5.91 Å². The third-order valence-electron chi connectivity index (χ3n) is 3.18. The van der Waals surface area contributed by atoms with Crippen LogP contribution in [0.2, 0.25) is 10.0 Å². The maximum absolute atomic E-state index is 12.5. The summed E-state index contributed by atoms with van der Waals surface area (Å²) in [6, 6.07) is 5.01. The van der Waals surface area contributed by atoms with E-state index in [9.17, 15) is 9.59 Å². The Bertz CT molecular complexity index is 579. The molecule has 1 N–H and O–H groups in total. The van der Waals surface area contributed by atoms with Crippen molar-refractivity contribution < 1.29 is 14.7 Å². The van der Waals surface area contributed by atoms with E-state index >= 15 is 0 Å². The molecule has 2 unspecified atom stereocenters. The summed E-state index contributed by atoms with van der Waals surface area (Å²) >= 11 is 13.3. The van der Waals surface area contributed by atoms with Gasteiger partial charge in [-0.25, -0.2) is 0 Å². The van der Waals surface area contributed by atoms with Crippen molar-refractivity contribution in [2.45, 2.75) is 30.9 Å². The number of carbonyl (C=O) groups excluding carboxylic acids is 1. The Kier molecular flexibility index (Phi) is 5.07. The molecule has 1 heterocycles. The molecule has 114 valence electrons. The fourth-order valence-electron chi connectivity index (χ4n) is 2.23. The summed E-state index contributed by atoms with van der Waals surface area (Å²) in [5.41, 5.74) is 0.647. The highest BCUT2D eigenvalue weighted by Gasteiger charge is 2.43. The molecule has 1 fully saturated rings. The maximum atomic E-state index is 12.5. The Morgan fingerprint density at radius 1 is 1.38 bits per heavy atom. The highest BCUT2D eigenvalue weighted by molar-refractivity contribution is 8.02. The largest absolute Gasteiger partial charge is 0.481 e. The van der Waals surface area contributed by atoms with Gasteiger partial charge in [0, 0.05) is 5.69 Å². The average molecular weight is 348 g/mol. The van der Waals surface area contributed by atoms with E-state index in [1.807, 2.05) is 13.8 Å². The first kappa shape index (κ1) is 16.5. The number of hydrogen-bond donors (Lipinski definition) is 1. The first-order valence-electron chi connectivity index (χ1n) is 6.46. The molecule has 1 aliphatic rings. The monoisotopic (exact) mass is 347 g/mol. The van der Waals surface area contributed by atoms with E-state index in [0.717, 1.165) is 0 Å². The summed E-state index contributed by atoms with van der Waals surface area (Å²) in [7, 11) is 0. The standard InChI is InChI=1S/C14H15Cl2NO3S/c1-7(2)14-17(8-3-4-9(15)10(16)5-8)13(20)11(21-14)6-12(18)19/h3-5,7,11,14H,6H2,1-2H3,(H,18,19). The summed E-state index contributed by atoms with van der Waals surface area (Å²) < 4.78 is 0. The van der Waals surface area contributed by atoms with Crippen LogP contribution in [0.1, 0.15) is 20.3 Å². The van der Waals surface area contributed by atoms with Crippen molar-refractivity contribution >= 4 is 52.5 Å². The third kappa shape index (κ3) is 3.47. The second-order valence-electron chi connectivity index (χ2n) is 5.16. The van der Waals surface area contributed by atoms with Gasteiger partial charge in [0.15, 0.2) is 0 Å². The van der Waals surface area contributed by atoms with Gasteiger partial charge in [0.1, 0.15) is 0 Å². The van der Waals surface area contributed by atoms with E-state index in [0.29, 0.717) is 15.7 Å². The van der Waals surface area contributed by atoms with Crippen LogP contribution in [0.4, 0.5) is 5.69 Å². The number of halogens is 2. The molecular formula is C14H15Cl2NO3S. The van der Waals surface area contributed by atoms with E-state index in [-0.39, 0.29) is 23.6 Å². The van der Waals surface area contributed by atoms with Crippen LogP contribution in [0.25, 0.3) is 0 Å². The molecule has 0 radical (unpaired) electrons. The predicted octanol–water partition coefficient (Wildman–Crippen LogP) is 3.90. The first-order valence-corrected chi connectivity index (χ1v) is 8.16. The molecule has 1 saturated heterocycles. The van der Waals surface area contributed by atoms with Gasteiger partial charge in [-0.3, -0.25) is 14.5 Å². The Morgan fingerprint density at radius 3 is 2.57 bits per heavy atom. The number of anilines is 1. The van der Waals surface area contributed by atoms with Crippen LogP contribution in [-0.2, 0) is 9.59 Å². The molecule has 1 aromatic rings. The molecule has 0 saturated carbocycles. The van der Waals surface area contributed by atoms with Crippen molar-refractivity contribution in [1.29, 1.82) is 0 Å². The summed E-state index contributed by atoms with van der Waals surface area (Å²) in [6.07, 6.45) is -0.176. The van der Waals surface area contributed by atoms with Crippen LogP contribution in [0, 0.1) is 5.92 Å². The Morgan fingerprint density at radius 2 is 2.05 bits per heavy atom. The van der Waals surface area contributed by atoms with E-state index in [1.54, 1.807) is 23.1 Å². The topological polar surface area (TPSA) is 57.6 Å². The number of nitrogens with zero attached hydrogens (tertiary/aromatic N) is 1. The first-order chi connectivity index (χ1) is 9.81. The number of hydrogen-bond acceptors (Lipinski definition) is 3. The molecule has 2 rings (SSSR count). The van der Waals surface area contributed by atoms with Crippen LogP contribution in [0.15, 0.2) is 18.2 Å². The fraction of sp³-hybridized carbons (Fsp3) is 0.429. The number of carbonyl (C=O) groups is 2. The minimum absolute atomic E-state index is 0.112. The van der Waals surface area contributed by atoms with Crippen molar-refractivity contribution in [3.8, 4) is 0 Å². The third-order valence-corrected chi connectivity index (χ3v) is 5.65. The Balaban J connectivity index is 2.35. The number of benzene rings is 1. The van der Waals surface area contributed by atoms with Crippen LogP contribution in [0.5, 0.6) is 0 Å². The Hall–Kier alpha value is -0.910. The maximum Gasteiger partial charge on any atom is 0.305 e. The SMILES string of the molecule is CC(C)C1SC(CC(=O)O)C(=O)N1c1ccc(Cl)c(Cl)c1. The number of carboxylic acid groups (broad SMARTS) is 1. The zero-order valence-electron chi connectivity index (χ0n) is 11.5. The van der Waals surface area contributed by atoms with Gasteiger partial charge in [0.25, 0.3) is 0 Å². The van der Waals surface area contributed by atoms with Crippen molar-refractivity contribution in [1.82, 2.24) is 0 Å². The van der Waals surface area contributed by atoms with Gasteiger partial charge in [0.05, 0.1) is 27.1 Å². The lowest BCUT2D eigenvalue weighted by Gasteiger charge is -2.27. The van der Waals surface area contributed by atoms with Crippen molar-refractivity contribution in [2.75, 3.05) is 4.90 Å². The zero-order chi connectivity index (χ0) is 15.7. The lowest BCUT2D eigenvalue weighted by Crippen LogP contribution is -2.37. The normalized spacial score (nSPS) is 22.1. The molecule has 1 aromatic carbocycles. The summed E-state index contributed by atoms with van der Waals surface area (Å²) in [6.45, 7) is 4.00. The summed E-state index contributed by atoms with van der Waals surface area (Å²) in [5.74, 6) is -0.981. The van der Waals surface area contributed by atoms with E-state index < -0.39 is 11.2 Å². The quantitative estimate of drug-likeness (QED) is 0.897. The van der Waals surface area contributed by atoms with Gasteiger partial charge >= 0.3 is 5.97 Å². The Labute approximate surface area is 137 Å². The summed E-state index contributed by atoms with van der Waals surface area (Å²) in [4.78, 5) is 25.0. The molecule has 2 atom stereocenters. The molecule has 4 nitrogen and oxygen atoms in total. The van der Waals surface area contributed by atoms with Crippen LogP contribution >= 0.6 is 35.0 Å². The molecule has 1 amide bonds. The minimum Gasteiger partial charge on any atom is -0.481 e. The van der Waals surface area contributed by atoms with E-state index in [2.05, 4.69) is 0 Å². The molecule has 0 aromatic heterocycles. The molecule has 1 aliphatic heterocycles. The van der Waals surface area contributed by atoms with Crippen molar-refractivity contribution in [3.63, 3.8) is 0 Å². The molecule has 0 bridgehead atoms. The van der Waals surface area contributed by atoms with Gasteiger partial charge in [-0.05, 0) is 24.1 Å². The lowest BCUT2D eigenvalue weighted by atomic mass is 10.1. The zero-order valence-corrected chi connectivity index (χ0v) is 13.9. The van der Waals surface area contributed by atoms with Crippen LogP contribution < -0.4 is 4.90 Å². The second-order valence-corrected chi connectivity index (χ2v) is 7.30. The fourth-order valence-corrected chi connectivity index (χ4v) is 3.99. The average Bonchev–Trinajstić information content (AvgIpc) is 2.70. The van der Waals surface area contributed by atoms with Gasteiger partial charge in [-0.1, -0.05) is 37.0 Å². The van der Waals surface area contributed by atoms with Gasteiger partial charge in [-0.2, -0.15) is 0 Å². The highest BCUT2D eigenvalue weighted by atomic mass is 35.5. The number of aliphatic carboxylic acids is 1. The van der Waals surface area contributed by atoms with E-state index in [4.69, 9.17) is 28.3 Å². The smallest absolute Gasteiger partial charge is 0.305 e. The molecule has 7 heteroatoms. The van der Waals surface area contributed by atoms with Crippen molar-refractivity contribution in [3.05, 3.63) is 28.2 Å². The van der Waals surface area contributed by atoms with Crippen molar-refractivity contribution in [2.24, 2.45) is 5.92 Å².